The van der Waals surface area contributed by atoms with Crippen LogP contribution in [0.3, 0.4) is 0 Å². The molecule has 0 aliphatic carbocycles. The Balaban J connectivity index is 1.88. The average Bonchev–Trinajstić information content (AvgIpc) is 2.54. The molecule has 0 bridgehead atoms. The predicted octanol–water partition coefficient (Wildman–Crippen LogP) is 1.65. The number of aromatic nitrogens is 5. The third kappa shape index (κ3) is 4.18. The number of anilines is 2. The van der Waals surface area contributed by atoms with Gasteiger partial charge in [0.2, 0.25) is 17.1 Å². The second-order valence-corrected chi connectivity index (χ2v) is 6.13. The fourth-order valence-electron chi connectivity index (χ4n) is 2.04. The van der Waals surface area contributed by atoms with Crippen LogP contribution in [-0.4, -0.2) is 58.3 Å². The standard InChI is InChI=1S/C13H16ClN7OS/c1-8-7-9(14)17-12(16-8)23-13-19-10(15-2)18-11(20-13)21-3-5-22-6-4-21/h7H,3-6H2,1-2H3,(H,15,18,19,20). The van der Waals surface area contributed by atoms with Gasteiger partial charge in [0.25, 0.3) is 0 Å². The van der Waals surface area contributed by atoms with Crippen molar-refractivity contribution in [3.8, 4) is 0 Å². The number of nitrogens with zero attached hydrogens (tertiary/aromatic N) is 6. The summed E-state index contributed by atoms with van der Waals surface area (Å²) in [6, 6.07) is 1.71. The van der Waals surface area contributed by atoms with Crippen LogP contribution < -0.4 is 10.2 Å². The summed E-state index contributed by atoms with van der Waals surface area (Å²) in [5.74, 6) is 1.12. The van der Waals surface area contributed by atoms with Gasteiger partial charge in [-0.1, -0.05) is 11.6 Å². The molecule has 0 atom stereocenters. The van der Waals surface area contributed by atoms with Crippen molar-refractivity contribution in [1.82, 2.24) is 24.9 Å². The lowest BCUT2D eigenvalue weighted by atomic mass is 10.4. The maximum atomic E-state index is 5.98. The first-order valence-corrected chi connectivity index (χ1v) is 8.29. The Bertz CT molecular complexity index is 676. The quantitative estimate of drug-likeness (QED) is 0.650. The van der Waals surface area contributed by atoms with Gasteiger partial charge in [0, 0.05) is 25.8 Å². The molecule has 1 aliphatic rings. The fraction of sp³-hybridized carbons (Fsp3) is 0.462. The molecule has 0 unspecified atom stereocenters. The first kappa shape index (κ1) is 16.2. The Hall–Kier alpha value is -1.71. The lowest BCUT2D eigenvalue weighted by Crippen LogP contribution is -2.37. The van der Waals surface area contributed by atoms with E-state index in [0.717, 1.165) is 18.8 Å². The van der Waals surface area contributed by atoms with Crippen LogP contribution in [0.15, 0.2) is 16.4 Å². The number of halogens is 1. The van der Waals surface area contributed by atoms with Crippen molar-refractivity contribution in [2.75, 3.05) is 43.6 Å². The van der Waals surface area contributed by atoms with Crippen LogP contribution >= 0.6 is 23.4 Å². The zero-order chi connectivity index (χ0) is 16.2. The minimum Gasteiger partial charge on any atom is -0.378 e. The van der Waals surface area contributed by atoms with Gasteiger partial charge in [-0.2, -0.15) is 15.0 Å². The lowest BCUT2D eigenvalue weighted by molar-refractivity contribution is 0.122. The van der Waals surface area contributed by atoms with E-state index < -0.39 is 0 Å². The number of aryl methyl sites for hydroxylation is 1. The van der Waals surface area contributed by atoms with E-state index >= 15 is 0 Å². The third-order valence-corrected chi connectivity index (χ3v) is 4.03. The number of morpholine rings is 1. The Morgan fingerprint density at radius 3 is 2.57 bits per heavy atom. The summed E-state index contributed by atoms with van der Waals surface area (Å²) in [5.41, 5.74) is 0.795. The third-order valence-electron chi connectivity index (χ3n) is 3.11. The molecule has 3 heterocycles. The van der Waals surface area contributed by atoms with Crippen molar-refractivity contribution in [3.05, 3.63) is 16.9 Å². The van der Waals surface area contributed by atoms with Crippen LogP contribution in [-0.2, 0) is 4.74 Å². The van der Waals surface area contributed by atoms with Crippen LogP contribution in [0.1, 0.15) is 5.69 Å². The average molecular weight is 354 g/mol. The topological polar surface area (TPSA) is 89.0 Å². The molecule has 0 saturated carbocycles. The summed E-state index contributed by atoms with van der Waals surface area (Å²) in [7, 11) is 1.77. The van der Waals surface area contributed by atoms with E-state index in [2.05, 4.69) is 35.1 Å². The summed E-state index contributed by atoms with van der Waals surface area (Å²) < 4.78 is 5.36. The maximum Gasteiger partial charge on any atom is 0.231 e. The van der Waals surface area contributed by atoms with Gasteiger partial charge in [0.15, 0.2) is 5.16 Å². The van der Waals surface area contributed by atoms with E-state index in [4.69, 9.17) is 16.3 Å². The molecule has 0 aromatic carbocycles. The van der Waals surface area contributed by atoms with Gasteiger partial charge in [0.05, 0.1) is 13.2 Å². The highest BCUT2D eigenvalue weighted by atomic mass is 35.5. The highest BCUT2D eigenvalue weighted by Crippen LogP contribution is 2.25. The molecule has 0 radical (unpaired) electrons. The fourth-order valence-corrected chi connectivity index (χ4v) is 3.08. The van der Waals surface area contributed by atoms with Crippen LogP contribution in [0.2, 0.25) is 5.15 Å². The smallest absolute Gasteiger partial charge is 0.231 e. The van der Waals surface area contributed by atoms with Gasteiger partial charge in [-0.25, -0.2) is 9.97 Å². The Kier molecular flexibility index (Phi) is 5.09. The molecule has 1 saturated heterocycles. The molecule has 1 fully saturated rings. The summed E-state index contributed by atoms with van der Waals surface area (Å²) in [6.45, 7) is 4.70. The molecule has 1 N–H and O–H groups in total. The highest BCUT2D eigenvalue weighted by Gasteiger charge is 2.17. The Labute approximate surface area is 143 Å². The molecule has 122 valence electrons. The van der Waals surface area contributed by atoms with Crippen LogP contribution in [0.5, 0.6) is 0 Å². The van der Waals surface area contributed by atoms with Gasteiger partial charge in [-0.15, -0.1) is 0 Å². The highest BCUT2D eigenvalue weighted by molar-refractivity contribution is 7.99. The molecule has 3 rings (SSSR count). The minimum atomic E-state index is 0.399. The molecule has 2 aromatic rings. The van der Waals surface area contributed by atoms with Crippen LogP contribution in [0.25, 0.3) is 0 Å². The Morgan fingerprint density at radius 2 is 1.87 bits per heavy atom. The molecule has 1 aliphatic heterocycles. The zero-order valence-corrected chi connectivity index (χ0v) is 14.4. The molecule has 0 amide bonds. The van der Waals surface area contributed by atoms with Gasteiger partial charge in [-0.3, -0.25) is 0 Å². The normalized spacial score (nSPS) is 14.8. The predicted molar refractivity (Wildman–Crippen MR) is 88.3 cm³/mol. The molecular weight excluding hydrogens is 338 g/mol. The zero-order valence-electron chi connectivity index (χ0n) is 12.8. The van der Waals surface area contributed by atoms with Crippen molar-refractivity contribution < 1.29 is 4.74 Å². The molecule has 10 heteroatoms. The van der Waals surface area contributed by atoms with Crippen molar-refractivity contribution in [2.24, 2.45) is 0 Å². The maximum absolute atomic E-state index is 5.98. The number of ether oxygens (including phenoxy) is 1. The van der Waals surface area contributed by atoms with E-state index in [-0.39, 0.29) is 0 Å². The second-order valence-electron chi connectivity index (χ2n) is 4.81. The van der Waals surface area contributed by atoms with Crippen molar-refractivity contribution in [2.45, 2.75) is 17.2 Å². The van der Waals surface area contributed by atoms with E-state index in [1.165, 1.54) is 11.8 Å². The summed E-state index contributed by atoms with van der Waals surface area (Å²) in [4.78, 5) is 23.9. The molecule has 0 spiro atoms. The van der Waals surface area contributed by atoms with Crippen molar-refractivity contribution >= 4 is 35.3 Å². The van der Waals surface area contributed by atoms with E-state index in [1.54, 1.807) is 13.1 Å². The summed E-state index contributed by atoms with van der Waals surface area (Å²) >= 11 is 7.23. The monoisotopic (exact) mass is 353 g/mol. The first-order valence-electron chi connectivity index (χ1n) is 7.09. The molecular formula is C13H16ClN7OS. The van der Waals surface area contributed by atoms with Gasteiger partial charge in [0.1, 0.15) is 5.15 Å². The molecule has 23 heavy (non-hydrogen) atoms. The van der Waals surface area contributed by atoms with Gasteiger partial charge < -0.3 is 15.0 Å². The van der Waals surface area contributed by atoms with E-state index in [0.29, 0.717) is 40.6 Å². The number of nitrogens with one attached hydrogen (secondary N) is 1. The lowest BCUT2D eigenvalue weighted by Gasteiger charge is -2.26. The molecule has 8 nitrogen and oxygen atoms in total. The summed E-state index contributed by atoms with van der Waals surface area (Å²) in [5, 5.41) is 4.39. The van der Waals surface area contributed by atoms with E-state index in [1.807, 2.05) is 6.92 Å². The summed E-state index contributed by atoms with van der Waals surface area (Å²) in [6.07, 6.45) is 0. The van der Waals surface area contributed by atoms with E-state index in [9.17, 15) is 0 Å². The van der Waals surface area contributed by atoms with Crippen molar-refractivity contribution in [1.29, 1.82) is 0 Å². The van der Waals surface area contributed by atoms with Crippen molar-refractivity contribution in [3.63, 3.8) is 0 Å². The first-order chi connectivity index (χ1) is 11.1. The number of hydrogen-bond donors (Lipinski definition) is 1. The SMILES string of the molecule is CNc1nc(Sc2nc(C)cc(Cl)n2)nc(N2CCOCC2)n1. The Morgan fingerprint density at radius 1 is 1.13 bits per heavy atom. The van der Waals surface area contributed by atoms with Gasteiger partial charge >= 0.3 is 0 Å². The van der Waals surface area contributed by atoms with Crippen LogP contribution in [0.4, 0.5) is 11.9 Å². The minimum absolute atomic E-state index is 0.399. The number of hydrogen-bond acceptors (Lipinski definition) is 9. The number of rotatable bonds is 4. The largest absolute Gasteiger partial charge is 0.378 e. The van der Waals surface area contributed by atoms with Crippen LogP contribution in [0, 0.1) is 6.92 Å². The second kappa shape index (κ2) is 7.24. The van der Waals surface area contributed by atoms with Gasteiger partial charge in [-0.05, 0) is 24.8 Å². The molecule has 2 aromatic heterocycles.